The predicted octanol–water partition coefficient (Wildman–Crippen LogP) is 2.49. The Labute approximate surface area is 106 Å². The molecule has 1 rings (SSSR count). The van der Waals surface area contributed by atoms with E-state index in [-0.39, 0.29) is 11.4 Å². The zero-order chi connectivity index (χ0) is 17.2. The lowest BCUT2D eigenvalue weighted by Gasteiger charge is -2.17. The summed E-state index contributed by atoms with van der Waals surface area (Å²) < 4.78 is 55.9. The minimum Gasteiger partial charge on any atom is -0.424 e. The molecule has 1 aromatic carbocycles. The Kier molecular flexibility index (Phi) is 2.23. The molecule has 0 amide bonds. The fraction of sp³-hybridized carbons (Fsp3) is 0.250. The van der Waals surface area contributed by atoms with Crippen molar-refractivity contribution in [3.05, 3.63) is 34.4 Å². The second-order valence-electron chi connectivity index (χ2n) is 2.47. The SMILES string of the molecule is [2H]C([2H])([2H])OP(=S)(Oc1ccc([N+](=O)[O-])cc1)OC([2H])([2H])[2H]. The van der Waals surface area contributed by atoms with Gasteiger partial charge < -0.3 is 13.6 Å². The Morgan fingerprint density at radius 2 is 1.94 bits per heavy atom. The summed E-state index contributed by atoms with van der Waals surface area (Å²) in [5.41, 5.74) is -0.242. The van der Waals surface area contributed by atoms with Gasteiger partial charge in [0.1, 0.15) is 5.75 Å². The Balaban J connectivity index is 3.02. The molecule has 0 aliphatic rings. The van der Waals surface area contributed by atoms with Gasteiger partial charge in [0.2, 0.25) is 0 Å². The van der Waals surface area contributed by atoms with Crippen LogP contribution in [0, 0.1) is 10.1 Å². The van der Waals surface area contributed by atoms with Crippen molar-refractivity contribution < 1.29 is 26.7 Å². The molecule has 8 heteroatoms. The van der Waals surface area contributed by atoms with Gasteiger partial charge >= 0.3 is 6.72 Å². The van der Waals surface area contributed by atoms with Crippen molar-refractivity contribution in [2.75, 3.05) is 14.1 Å². The third kappa shape index (κ3) is 3.24. The summed E-state index contributed by atoms with van der Waals surface area (Å²) in [5, 5.41) is 10.5. The highest BCUT2D eigenvalue weighted by molar-refractivity contribution is 8.07. The zero-order valence-corrected chi connectivity index (χ0v) is 9.36. The largest absolute Gasteiger partial charge is 0.424 e. The molecule has 0 heterocycles. The predicted molar refractivity (Wildman–Crippen MR) is 62.0 cm³/mol. The van der Waals surface area contributed by atoms with E-state index in [0.717, 1.165) is 24.3 Å². The molecule has 0 aromatic heterocycles. The number of nitro benzene ring substituents is 1. The topological polar surface area (TPSA) is 70.8 Å². The Morgan fingerprint density at radius 1 is 1.38 bits per heavy atom. The molecule has 1 aromatic rings. The average Bonchev–Trinajstić information content (AvgIpc) is 2.23. The van der Waals surface area contributed by atoms with Crippen LogP contribution >= 0.6 is 6.72 Å². The minimum absolute atomic E-state index is 0.123. The van der Waals surface area contributed by atoms with Crippen LogP contribution in [0.5, 0.6) is 5.75 Å². The second kappa shape index (κ2) is 5.36. The molecule has 0 radical (unpaired) electrons. The van der Waals surface area contributed by atoms with E-state index in [9.17, 15) is 10.1 Å². The van der Waals surface area contributed by atoms with Gasteiger partial charge in [0.25, 0.3) is 5.69 Å². The first-order chi connectivity index (χ1) is 9.80. The number of nitro groups is 1. The quantitative estimate of drug-likeness (QED) is 0.464. The summed E-state index contributed by atoms with van der Waals surface area (Å²) in [6.45, 7) is -4.18. The maximum absolute atomic E-state index is 10.5. The van der Waals surface area contributed by atoms with Gasteiger partial charge in [-0.25, -0.2) is 0 Å². The summed E-state index contributed by atoms with van der Waals surface area (Å²) in [6.07, 6.45) is 0. The average molecular weight is 269 g/mol. The van der Waals surface area contributed by atoms with Crippen LogP contribution in [0.15, 0.2) is 24.3 Å². The van der Waals surface area contributed by atoms with Crippen molar-refractivity contribution in [3.8, 4) is 5.75 Å². The highest BCUT2D eigenvalue weighted by Gasteiger charge is 2.18. The lowest BCUT2D eigenvalue weighted by molar-refractivity contribution is -0.384. The van der Waals surface area contributed by atoms with E-state index in [1.165, 1.54) is 0 Å². The highest BCUT2D eigenvalue weighted by Crippen LogP contribution is 2.48. The molecule has 88 valence electrons. The number of hydrogen-bond acceptors (Lipinski definition) is 6. The van der Waals surface area contributed by atoms with E-state index in [1.807, 2.05) is 0 Å². The van der Waals surface area contributed by atoms with Crippen molar-refractivity contribution in [2.45, 2.75) is 0 Å². The van der Waals surface area contributed by atoms with E-state index in [1.54, 1.807) is 0 Å². The van der Waals surface area contributed by atoms with Crippen LogP contribution in [0.4, 0.5) is 5.69 Å². The number of rotatable bonds is 5. The maximum Gasteiger partial charge on any atom is 0.380 e. The van der Waals surface area contributed by atoms with Crippen LogP contribution in [-0.4, -0.2) is 19.0 Å². The molecule has 0 unspecified atom stereocenters. The van der Waals surface area contributed by atoms with Crippen LogP contribution < -0.4 is 4.52 Å². The summed E-state index contributed by atoms with van der Waals surface area (Å²) in [7, 11) is -6.08. The van der Waals surface area contributed by atoms with E-state index in [2.05, 4.69) is 9.05 Å². The number of non-ortho nitro benzene ring substituents is 1. The smallest absolute Gasteiger partial charge is 0.380 e. The van der Waals surface area contributed by atoms with Crippen molar-refractivity contribution >= 4 is 24.2 Å². The van der Waals surface area contributed by atoms with Crippen LogP contribution in [0.3, 0.4) is 0 Å². The molecule has 0 N–H and O–H groups in total. The van der Waals surface area contributed by atoms with Gasteiger partial charge in [0.15, 0.2) is 0 Å². The first-order valence-electron chi connectivity index (χ1n) is 6.75. The highest BCUT2D eigenvalue weighted by atomic mass is 32.5. The zero-order valence-electron chi connectivity index (χ0n) is 13.7. The standard InChI is InChI=1S/C8H10NO5PS/c1-12-15(16,13-2)14-8-5-3-7(4-6-8)9(10)11/h3-6H,1-2H3/i1D3,2D3. The lowest BCUT2D eigenvalue weighted by Crippen LogP contribution is -1.97. The molecule has 0 aliphatic heterocycles. The van der Waals surface area contributed by atoms with Crippen LogP contribution in [-0.2, 0) is 20.9 Å². The number of hydrogen-bond donors (Lipinski definition) is 0. The molecule has 0 aliphatic carbocycles. The van der Waals surface area contributed by atoms with Gasteiger partial charge in [-0.2, -0.15) is 0 Å². The van der Waals surface area contributed by atoms with Gasteiger partial charge in [-0.05, 0) is 12.1 Å². The van der Waals surface area contributed by atoms with Gasteiger partial charge in [0, 0.05) is 38.0 Å². The van der Waals surface area contributed by atoms with Crippen molar-refractivity contribution in [1.29, 1.82) is 0 Å². The van der Waals surface area contributed by atoms with Crippen LogP contribution in [0.25, 0.3) is 0 Å². The fourth-order valence-electron chi connectivity index (χ4n) is 0.814. The molecule has 0 fully saturated rings. The molecule has 0 atom stereocenters. The number of benzene rings is 1. The summed E-state index contributed by atoms with van der Waals surface area (Å²) in [6, 6.07) is 4.37. The first-order valence-corrected chi connectivity index (χ1v) is 6.31. The summed E-state index contributed by atoms with van der Waals surface area (Å²) in [5.74, 6) is -0.123. The summed E-state index contributed by atoms with van der Waals surface area (Å²) >= 11 is 4.76. The minimum atomic E-state index is -4.18. The molecule has 0 saturated heterocycles. The van der Waals surface area contributed by atoms with E-state index in [4.69, 9.17) is 24.6 Å². The molecule has 6 nitrogen and oxygen atoms in total. The second-order valence-corrected chi connectivity index (χ2v) is 5.26. The van der Waals surface area contributed by atoms with Crippen molar-refractivity contribution in [1.82, 2.24) is 0 Å². The summed E-state index contributed by atoms with van der Waals surface area (Å²) in [4.78, 5) is 9.87. The van der Waals surface area contributed by atoms with E-state index < -0.39 is 25.7 Å². The van der Waals surface area contributed by atoms with Crippen molar-refractivity contribution in [3.63, 3.8) is 0 Å². The van der Waals surface area contributed by atoms with E-state index >= 15 is 0 Å². The molecule has 0 bridgehead atoms. The lowest BCUT2D eigenvalue weighted by atomic mass is 10.3. The first kappa shape index (κ1) is 6.66. The molecule has 0 spiro atoms. The van der Waals surface area contributed by atoms with Gasteiger partial charge in [-0.3, -0.25) is 10.1 Å². The Bertz CT molecular complexity index is 568. The third-order valence-corrected chi connectivity index (χ3v) is 3.04. The molecular formula is C8H10NO5PS. The van der Waals surface area contributed by atoms with Crippen LogP contribution in [0.1, 0.15) is 8.22 Å². The Hall–Kier alpha value is -1.01. The third-order valence-electron chi connectivity index (χ3n) is 1.49. The monoisotopic (exact) mass is 269 g/mol. The molecular weight excluding hydrogens is 253 g/mol. The van der Waals surface area contributed by atoms with Crippen molar-refractivity contribution in [2.24, 2.45) is 0 Å². The van der Waals surface area contributed by atoms with Crippen LogP contribution in [0.2, 0.25) is 0 Å². The molecule has 0 saturated carbocycles. The fourth-order valence-corrected chi connectivity index (χ4v) is 1.56. The van der Waals surface area contributed by atoms with E-state index in [0.29, 0.717) is 0 Å². The maximum atomic E-state index is 10.5. The normalized spacial score (nSPS) is 18.2. The molecule has 16 heavy (non-hydrogen) atoms. The van der Waals surface area contributed by atoms with Gasteiger partial charge in [-0.15, -0.1) is 0 Å². The van der Waals surface area contributed by atoms with Gasteiger partial charge in [0.05, 0.1) is 13.1 Å². The Morgan fingerprint density at radius 3 is 2.38 bits per heavy atom. The van der Waals surface area contributed by atoms with Gasteiger partial charge in [-0.1, -0.05) is 0 Å². The number of nitrogens with zero attached hydrogens (tertiary/aromatic N) is 1.